The summed E-state index contributed by atoms with van der Waals surface area (Å²) in [5, 5.41) is 0. The molecule has 25 heavy (non-hydrogen) atoms. The van der Waals surface area contributed by atoms with E-state index in [1.807, 2.05) is 12.1 Å². The molecule has 3 rings (SSSR count). The number of rotatable bonds is 4. The number of pyridine rings is 2. The molecule has 132 valence electrons. The lowest BCUT2D eigenvalue weighted by atomic mass is 10.2. The lowest BCUT2D eigenvalue weighted by Gasteiger charge is -2.35. The van der Waals surface area contributed by atoms with Gasteiger partial charge >= 0.3 is 0 Å². The van der Waals surface area contributed by atoms with Gasteiger partial charge in [-0.3, -0.25) is 9.78 Å². The van der Waals surface area contributed by atoms with Gasteiger partial charge in [0.15, 0.2) is 0 Å². The second-order valence-corrected chi connectivity index (χ2v) is 5.61. The van der Waals surface area contributed by atoms with E-state index in [0.29, 0.717) is 37.5 Å². The third-order valence-corrected chi connectivity index (χ3v) is 4.10. The van der Waals surface area contributed by atoms with Gasteiger partial charge in [0, 0.05) is 32.4 Å². The molecule has 3 heterocycles. The number of ether oxygens (including phenoxy) is 1. The van der Waals surface area contributed by atoms with Gasteiger partial charge in [0.05, 0.1) is 18.9 Å². The maximum absolute atomic E-state index is 12.5. The Bertz CT molecular complexity index is 714. The summed E-state index contributed by atoms with van der Waals surface area (Å²) in [6, 6.07) is 6.31. The lowest BCUT2D eigenvalue weighted by Crippen LogP contribution is -2.49. The Kier molecular flexibility index (Phi) is 5.06. The van der Waals surface area contributed by atoms with Gasteiger partial charge in [0.2, 0.25) is 0 Å². The van der Waals surface area contributed by atoms with Crippen LogP contribution in [0.3, 0.4) is 0 Å². The van der Waals surface area contributed by atoms with E-state index in [9.17, 15) is 13.6 Å². The van der Waals surface area contributed by atoms with Crippen molar-refractivity contribution in [1.29, 1.82) is 0 Å². The highest BCUT2D eigenvalue weighted by Gasteiger charge is 2.23. The maximum atomic E-state index is 12.5. The largest absolute Gasteiger partial charge is 0.495 e. The topological polar surface area (TPSA) is 58.6 Å². The monoisotopic (exact) mass is 348 g/mol. The molecule has 1 aliphatic rings. The van der Waals surface area contributed by atoms with Crippen molar-refractivity contribution in [3.63, 3.8) is 0 Å². The van der Waals surface area contributed by atoms with Gasteiger partial charge < -0.3 is 14.5 Å². The van der Waals surface area contributed by atoms with Gasteiger partial charge in [-0.25, -0.2) is 13.8 Å². The van der Waals surface area contributed by atoms with E-state index in [4.69, 9.17) is 4.74 Å². The van der Waals surface area contributed by atoms with Crippen LogP contribution in [0.2, 0.25) is 0 Å². The number of alkyl halides is 2. The molecule has 0 atom stereocenters. The average Bonchev–Trinajstić information content (AvgIpc) is 2.67. The zero-order valence-corrected chi connectivity index (χ0v) is 13.7. The molecule has 1 fully saturated rings. The number of halogens is 2. The van der Waals surface area contributed by atoms with Crippen molar-refractivity contribution in [3.05, 3.63) is 47.9 Å². The predicted octanol–water partition coefficient (Wildman–Crippen LogP) is 2.39. The fourth-order valence-electron chi connectivity index (χ4n) is 2.66. The minimum Gasteiger partial charge on any atom is -0.495 e. The molecule has 0 saturated carbocycles. The fourth-order valence-corrected chi connectivity index (χ4v) is 2.66. The summed E-state index contributed by atoms with van der Waals surface area (Å²) in [7, 11) is 1.59. The number of aromatic nitrogens is 2. The molecule has 2 aromatic heterocycles. The minimum absolute atomic E-state index is 0.198. The summed E-state index contributed by atoms with van der Waals surface area (Å²) in [5.74, 6) is 1.32. The molecule has 0 aliphatic carbocycles. The number of anilines is 1. The number of piperazine rings is 1. The smallest absolute Gasteiger partial charge is 0.280 e. The first-order valence-corrected chi connectivity index (χ1v) is 7.87. The standard InChI is InChI=1S/C17H18F2N4O2/c1-25-13-3-5-15(21-11-13)22-6-8-23(9-7-22)17(24)12-2-4-14(16(18)19)20-10-12/h2-5,10-11,16H,6-9H2,1H3. The second-order valence-electron chi connectivity index (χ2n) is 5.61. The van der Waals surface area contributed by atoms with Gasteiger partial charge in [-0.15, -0.1) is 0 Å². The minimum atomic E-state index is -2.63. The van der Waals surface area contributed by atoms with Crippen LogP contribution < -0.4 is 9.64 Å². The number of methoxy groups -OCH3 is 1. The number of hydrogen-bond donors (Lipinski definition) is 0. The summed E-state index contributed by atoms with van der Waals surface area (Å²) < 4.78 is 30.1. The Morgan fingerprint density at radius 3 is 2.36 bits per heavy atom. The normalized spacial score (nSPS) is 14.7. The van der Waals surface area contributed by atoms with Crippen LogP contribution in [0.4, 0.5) is 14.6 Å². The molecule has 1 amide bonds. The molecular weight excluding hydrogens is 330 g/mol. The van der Waals surface area contributed by atoms with Crippen molar-refractivity contribution >= 4 is 11.7 Å². The van der Waals surface area contributed by atoms with E-state index >= 15 is 0 Å². The number of carbonyl (C=O) groups excluding carboxylic acids is 1. The third-order valence-electron chi connectivity index (χ3n) is 4.10. The Balaban J connectivity index is 1.60. The van der Waals surface area contributed by atoms with Gasteiger partial charge in [-0.05, 0) is 24.3 Å². The first kappa shape index (κ1) is 17.1. The summed E-state index contributed by atoms with van der Waals surface area (Å²) in [5.41, 5.74) is -0.00706. The van der Waals surface area contributed by atoms with E-state index in [0.717, 1.165) is 5.82 Å². The molecule has 0 unspecified atom stereocenters. The van der Waals surface area contributed by atoms with Crippen molar-refractivity contribution < 1.29 is 18.3 Å². The van der Waals surface area contributed by atoms with Crippen molar-refractivity contribution in [2.75, 3.05) is 38.2 Å². The molecule has 2 aromatic rings. The predicted molar refractivity (Wildman–Crippen MR) is 88.1 cm³/mol. The van der Waals surface area contributed by atoms with Crippen LogP contribution in [0.25, 0.3) is 0 Å². The first-order valence-electron chi connectivity index (χ1n) is 7.87. The van der Waals surface area contributed by atoms with E-state index in [1.165, 1.54) is 18.3 Å². The first-order chi connectivity index (χ1) is 12.1. The van der Waals surface area contributed by atoms with Crippen LogP contribution >= 0.6 is 0 Å². The summed E-state index contributed by atoms with van der Waals surface area (Å²) >= 11 is 0. The Morgan fingerprint density at radius 1 is 1.08 bits per heavy atom. The number of carbonyl (C=O) groups is 1. The second kappa shape index (κ2) is 7.42. The van der Waals surface area contributed by atoms with Gasteiger partial charge in [-0.2, -0.15) is 0 Å². The molecular formula is C17H18F2N4O2. The van der Waals surface area contributed by atoms with Gasteiger partial charge in [-0.1, -0.05) is 0 Å². The van der Waals surface area contributed by atoms with Gasteiger partial charge in [0.1, 0.15) is 17.3 Å². The van der Waals surface area contributed by atoms with E-state index in [1.54, 1.807) is 18.2 Å². The quantitative estimate of drug-likeness (QED) is 0.849. The summed E-state index contributed by atoms with van der Waals surface area (Å²) in [6.07, 6.45) is 0.231. The van der Waals surface area contributed by atoms with Crippen LogP contribution in [0.15, 0.2) is 36.7 Å². The molecule has 0 N–H and O–H groups in total. The van der Waals surface area contributed by atoms with Crippen molar-refractivity contribution in [1.82, 2.24) is 14.9 Å². The highest BCUT2D eigenvalue weighted by molar-refractivity contribution is 5.94. The van der Waals surface area contributed by atoms with Crippen molar-refractivity contribution in [2.24, 2.45) is 0 Å². The molecule has 0 spiro atoms. The van der Waals surface area contributed by atoms with Crippen LogP contribution in [0.5, 0.6) is 5.75 Å². The Labute approximate surface area is 144 Å². The number of hydrogen-bond acceptors (Lipinski definition) is 5. The third kappa shape index (κ3) is 3.84. The zero-order valence-electron chi connectivity index (χ0n) is 13.7. The van der Waals surface area contributed by atoms with E-state index in [-0.39, 0.29) is 11.6 Å². The average molecular weight is 348 g/mol. The van der Waals surface area contributed by atoms with Gasteiger partial charge in [0.25, 0.3) is 12.3 Å². The summed E-state index contributed by atoms with van der Waals surface area (Å²) in [4.78, 5) is 24.2. The molecule has 1 aliphatic heterocycles. The highest BCUT2D eigenvalue weighted by atomic mass is 19.3. The van der Waals surface area contributed by atoms with Crippen molar-refractivity contribution in [2.45, 2.75) is 6.43 Å². The van der Waals surface area contributed by atoms with Crippen LogP contribution in [0.1, 0.15) is 22.5 Å². The van der Waals surface area contributed by atoms with Crippen LogP contribution in [-0.4, -0.2) is 54.1 Å². The van der Waals surface area contributed by atoms with Crippen molar-refractivity contribution in [3.8, 4) is 5.75 Å². The van der Waals surface area contributed by atoms with E-state index in [2.05, 4.69) is 14.9 Å². The summed E-state index contributed by atoms with van der Waals surface area (Å²) in [6.45, 7) is 2.35. The maximum Gasteiger partial charge on any atom is 0.280 e. The van der Waals surface area contributed by atoms with Crippen LogP contribution in [0, 0.1) is 0 Å². The molecule has 8 heteroatoms. The molecule has 1 saturated heterocycles. The Hall–Kier alpha value is -2.77. The SMILES string of the molecule is COc1ccc(N2CCN(C(=O)c3ccc(C(F)F)nc3)CC2)nc1. The fraction of sp³-hybridized carbons (Fsp3) is 0.353. The molecule has 6 nitrogen and oxygen atoms in total. The van der Waals surface area contributed by atoms with E-state index < -0.39 is 6.43 Å². The Morgan fingerprint density at radius 2 is 1.84 bits per heavy atom. The number of nitrogens with zero attached hydrogens (tertiary/aromatic N) is 4. The zero-order chi connectivity index (χ0) is 17.8. The lowest BCUT2D eigenvalue weighted by molar-refractivity contribution is 0.0745. The number of amides is 1. The molecule has 0 bridgehead atoms. The van der Waals surface area contributed by atoms with Crippen LogP contribution in [-0.2, 0) is 0 Å². The molecule has 0 aromatic carbocycles. The highest BCUT2D eigenvalue weighted by Crippen LogP contribution is 2.19. The molecule has 0 radical (unpaired) electrons.